The number of fused-ring (bicyclic) bond motifs is 1. The molecule has 2 aromatic rings. The molecule has 0 aromatic heterocycles. The Labute approximate surface area is 104 Å². The molecule has 0 atom stereocenters. The van der Waals surface area contributed by atoms with E-state index in [0.717, 1.165) is 10.8 Å². The molecule has 0 unspecified atom stereocenters. The highest BCUT2D eigenvalue weighted by molar-refractivity contribution is 7.79. The zero-order valence-corrected chi connectivity index (χ0v) is 9.75. The number of hydrogen-bond donors (Lipinski definition) is 3. The van der Waals surface area contributed by atoms with Gasteiger partial charge in [0.15, 0.2) is 0 Å². The summed E-state index contributed by atoms with van der Waals surface area (Å²) in [6, 6.07) is 11.3. The minimum Gasteiger partial charge on any atom is -0.351 e. The number of rotatable bonds is 3. The van der Waals surface area contributed by atoms with Crippen LogP contribution in [0.2, 0.25) is 0 Å². The van der Waals surface area contributed by atoms with Gasteiger partial charge >= 0.3 is 0 Å². The van der Waals surface area contributed by atoms with Gasteiger partial charge in [0.25, 0.3) is 5.91 Å². The molecule has 0 radical (unpaired) electrons. The Bertz CT molecular complexity index is 583. The van der Waals surface area contributed by atoms with E-state index >= 15 is 0 Å². The molecule has 0 heterocycles. The van der Waals surface area contributed by atoms with Gasteiger partial charge in [0, 0.05) is 5.39 Å². The summed E-state index contributed by atoms with van der Waals surface area (Å²) >= 11 is 4.78. The predicted octanol–water partition coefficient (Wildman–Crippen LogP) is 1.81. The van der Waals surface area contributed by atoms with Crippen molar-refractivity contribution in [3.05, 3.63) is 42.0 Å². The summed E-state index contributed by atoms with van der Waals surface area (Å²) in [5, 5.41) is 4.86. The van der Waals surface area contributed by atoms with Crippen LogP contribution in [0.4, 0.5) is 5.69 Å². The zero-order chi connectivity index (χ0) is 12.3. The van der Waals surface area contributed by atoms with E-state index < -0.39 is 0 Å². The smallest absolute Gasteiger partial charge is 0.267 e. The lowest BCUT2D eigenvalue weighted by molar-refractivity contribution is 0.0954. The highest BCUT2D eigenvalue weighted by Crippen LogP contribution is 2.27. The number of amides is 1. The van der Waals surface area contributed by atoms with E-state index in [1.807, 2.05) is 30.3 Å². The minimum atomic E-state index is -0.352. The number of carbonyl (C=O) groups is 1. The van der Waals surface area contributed by atoms with Crippen molar-refractivity contribution in [2.45, 2.75) is 0 Å². The Hall–Kier alpha value is -1.98. The number of nitrogens with two attached hydrogens (primary N) is 1. The Balaban J connectivity index is 2.72. The van der Waals surface area contributed by atoms with Gasteiger partial charge in [0.2, 0.25) is 0 Å². The number of nitrogens with one attached hydrogen (secondary N) is 2. The second-order valence-electron chi connectivity index (χ2n) is 3.44. The molecule has 0 saturated carbocycles. The van der Waals surface area contributed by atoms with Crippen LogP contribution >= 0.6 is 12.2 Å². The molecule has 0 aliphatic heterocycles. The molecule has 0 spiro atoms. The maximum atomic E-state index is 11.6. The number of nitrogen functional groups attached to an aromatic ring is 1. The summed E-state index contributed by atoms with van der Waals surface area (Å²) in [4.78, 5) is 11.6. The first-order chi connectivity index (χ1) is 8.27. The van der Waals surface area contributed by atoms with Crippen molar-refractivity contribution in [1.29, 1.82) is 0 Å². The van der Waals surface area contributed by atoms with Gasteiger partial charge in [-0.2, -0.15) is 0 Å². The number of benzene rings is 2. The van der Waals surface area contributed by atoms with Crippen molar-refractivity contribution in [2.24, 2.45) is 5.84 Å². The number of anilines is 1. The van der Waals surface area contributed by atoms with Crippen molar-refractivity contribution >= 4 is 40.1 Å². The van der Waals surface area contributed by atoms with Crippen LogP contribution < -0.4 is 16.6 Å². The molecule has 0 bridgehead atoms. The van der Waals surface area contributed by atoms with Gasteiger partial charge in [-0.1, -0.05) is 42.5 Å². The Morgan fingerprint density at radius 2 is 2.00 bits per heavy atom. The highest BCUT2D eigenvalue weighted by Gasteiger charge is 2.12. The van der Waals surface area contributed by atoms with E-state index in [-0.39, 0.29) is 5.91 Å². The maximum Gasteiger partial charge on any atom is 0.267 e. The number of carbonyl (C=O) groups excluding carboxylic acids is 1. The summed E-state index contributed by atoms with van der Waals surface area (Å²) in [7, 11) is 0. The molecule has 4 nitrogen and oxygen atoms in total. The van der Waals surface area contributed by atoms with Crippen molar-refractivity contribution in [2.75, 3.05) is 5.32 Å². The Morgan fingerprint density at radius 1 is 1.24 bits per heavy atom. The summed E-state index contributed by atoms with van der Waals surface area (Å²) in [6.07, 6.45) is 0. The quantitative estimate of drug-likeness (QED) is 0.334. The monoisotopic (exact) mass is 245 g/mol. The lowest BCUT2D eigenvalue weighted by Crippen LogP contribution is -2.30. The zero-order valence-electron chi connectivity index (χ0n) is 8.94. The topological polar surface area (TPSA) is 67.1 Å². The molecule has 0 fully saturated rings. The van der Waals surface area contributed by atoms with Crippen LogP contribution in [-0.2, 0) is 0 Å². The summed E-state index contributed by atoms with van der Waals surface area (Å²) < 4.78 is 0. The molecular formula is C12H11N3OS. The molecular weight excluding hydrogens is 234 g/mol. The van der Waals surface area contributed by atoms with Crippen LogP contribution in [0.1, 0.15) is 10.4 Å². The molecule has 0 aliphatic rings. The molecule has 4 N–H and O–H groups in total. The molecule has 0 aliphatic carbocycles. The first kappa shape index (κ1) is 11.5. The van der Waals surface area contributed by atoms with Crippen molar-refractivity contribution in [3.63, 3.8) is 0 Å². The fourth-order valence-corrected chi connectivity index (χ4v) is 1.87. The van der Waals surface area contributed by atoms with Crippen LogP contribution in [-0.4, -0.2) is 11.4 Å². The second-order valence-corrected chi connectivity index (χ2v) is 3.68. The fraction of sp³-hybridized carbons (Fsp3) is 0. The van der Waals surface area contributed by atoms with Gasteiger partial charge in [-0.05, 0) is 11.5 Å². The average molecular weight is 245 g/mol. The summed E-state index contributed by atoms with van der Waals surface area (Å²) in [6.45, 7) is 0. The average Bonchev–Trinajstić information content (AvgIpc) is 2.38. The van der Waals surface area contributed by atoms with Crippen LogP contribution in [0.5, 0.6) is 0 Å². The molecule has 2 rings (SSSR count). The molecule has 0 saturated heterocycles. The fourth-order valence-electron chi connectivity index (χ4n) is 1.75. The van der Waals surface area contributed by atoms with Crippen molar-refractivity contribution in [3.8, 4) is 0 Å². The third-order valence-electron chi connectivity index (χ3n) is 2.51. The van der Waals surface area contributed by atoms with Gasteiger partial charge in [-0.25, -0.2) is 5.84 Å². The van der Waals surface area contributed by atoms with E-state index in [4.69, 9.17) is 18.1 Å². The van der Waals surface area contributed by atoms with Crippen LogP contribution in [0.15, 0.2) is 36.4 Å². The van der Waals surface area contributed by atoms with Crippen LogP contribution in [0, 0.1) is 0 Å². The third-order valence-corrected chi connectivity index (χ3v) is 2.63. The van der Waals surface area contributed by atoms with Crippen molar-refractivity contribution in [1.82, 2.24) is 5.43 Å². The lowest BCUT2D eigenvalue weighted by Gasteiger charge is -2.11. The third kappa shape index (κ3) is 2.11. The summed E-state index contributed by atoms with van der Waals surface area (Å²) in [5.74, 6) is 4.80. The Kier molecular flexibility index (Phi) is 3.32. The lowest BCUT2D eigenvalue weighted by atomic mass is 10.0. The van der Waals surface area contributed by atoms with Crippen LogP contribution in [0.3, 0.4) is 0 Å². The first-order valence-electron chi connectivity index (χ1n) is 5.01. The molecule has 17 heavy (non-hydrogen) atoms. The van der Waals surface area contributed by atoms with E-state index in [2.05, 4.69) is 10.7 Å². The standard InChI is InChI=1S/C12H11N3OS/c13-15-12(16)10-6-5-8-3-1-2-4-9(8)11(10)14-7-17/h1-7H,13H2,(H,14,17)(H,15,16). The van der Waals surface area contributed by atoms with Crippen molar-refractivity contribution < 1.29 is 4.79 Å². The molecule has 2 aromatic carbocycles. The molecule has 5 heteroatoms. The molecule has 86 valence electrons. The van der Waals surface area contributed by atoms with E-state index in [1.54, 1.807) is 6.07 Å². The highest BCUT2D eigenvalue weighted by atomic mass is 32.1. The SMILES string of the molecule is NNC(=O)c1ccc2ccccc2c1NC=S. The number of thiocarbonyl (C=S) groups is 1. The van der Waals surface area contributed by atoms with E-state index in [0.29, 0.717) is 11.3 Å². The maximum absolute atomic E-state index is 11.6. The van der Waals surface area contributed by atoms with Gasteiger partial charge < -0.3 is 5.32 Å². The van der Waals surface area contributed by atoms with E-state index in [1.165, 1.54) is 5.49 Å². The molecule has 1 amide bonds. The minimum absolute atomic E-state index is 0.352. The summed E-state index contributed by atoms with van der Waals surface area (Å²) in [5.41, 5.74) is 4.62. The first-order valence-corrected chi connectivity index (χ1v) is 5.48. The Morgan fingerprint density at radius 3 is 2.71 bits per heavy atom. The van der Waals surface area contributed by atoms with Gasteiger partial charge in [-0.3, -0.25) is 10.2 Å². The number of hydrogen-bond acceptors (Lipinski definition) is 3. The van der Waals surface area contributed by atoms with Gasteiger partial charge in [0.05, 0.1) is 16.7 Å². The number of hydrazine groups is 1. The van der Waals surface area contributed by atoms with E-state index in [9.17, 15) is 4.79 Å². The van der Waals surface area contributed by atoms with Gasteiger partial charge in [0.1, 0.15) is 0 Å². The largest absolute Gasteiger partial charge is 0.351 e. The second kappa shape index (κ2) is 4.90. The normalized spacial score (nSPS) is 9.94. The predicted molar refractivity (Wildman–Crippen MR) is 72.9 cm³/mol. The van der Waals surface area contributed by atoms with Gasteiger partial charge in [-0.15, -0.1) is 0 Å². The van der Waals surface area contributed by atoms with Crippen LogP contribution in [0.25, 0.3) is 10.8 Å².